The predicted octanol–water partition coefficient (Wildman–Crippen LogP) is 4.77. The number of benzene rings is 2. The summed E-state index contributed by atoms with van der Waals surface area (Å²) in [7, 11) is 0. The van der Waals surface area contributed by atoms with E-state index in [1.165, 1.54) is 0 Å². The third-order valence-electron chi connectivity index (χ3n) is 2.42. The number of hydrogen-bond donors (Lipinski definition) is 1. The first-order valence-electron chi connectivity index (χ1n) is 5.69. The van der Waals surface area contributed by atoms with E-state index in [0.29, 0.717) is 21.5 Å². The lowest BCUT2D eigenvalue weighted by Gasteiger charge is -2.10. The fraction of sp³-hybridized carbons (Fsp3) is 0.0714. The fourth-order valence-electron chi connectivity index (χ4n) is 1.49. The van der Waals surface area contributed by atoms with Gasteiger partial charge in [0.05, 0.1) is 10.7 Å². The molecule has 0 aliphatic carbocycles. The van der Waals surface area contributed by atoms with E-state index in [2.05, 4.69) is 21.2 Å². The van der Waals surface area contributed by atoms with Crippen LogP contribution in [0, 0.1) is 0 Å². The topological polar surface area (TPSA) is 38.3 Å². The van der Waals surface area contributed by atoms with Crippen LogP contribution in [-0.4, -0.2) is 12.5 Å². The summed E-state index contributed by atoms with van der Waals surface area (Å²) in [6, 6.07) is 12.3. The second-order valence-corrected chi connectivity index (χ2v) is 5.51. The van der Waals surface area contributed by atoms with E-state index < -0.39 is 0 Å². The molecule has 1 amide bonds. The third-order valence-corrected chi connectivity index (χ3v) is 3.92. The molecule has 0 aliphatic rings. The van der Waals surface area contributed by atoms with Gasteiger partial charge in [0.25, 0.3) is 5.91 Å². The highest BCUT2D eigenvalue weighted by molar-refractivity contribution is 9.10. The molecule has 20 heavy (non-hydrogen) atoms. The molecular weight excluding hydrogens is 365 g/mol. The standard InChI is InChI=1S/C14H10BrCl2NO2/c15-9-4-1-2-6-11(9)18-13(19)8-20-12-7-3-5-10(16)14(12)17/h1-7H,8H2,(H,18,19). The predicted molar refractivity (Wildman–Crippen MR) is 84.7 cm³/mol. The van der Waals surface area contributed by atoms with E-state index in [1.807, 2.05) is 18.2 Å². The van der Waals surface area contributed by atoms with Gasteiger partial charge in [-0.25, -0.2) is 0 Å². The van der Waals surface area contributed by atoms with E-state index in [1.54, 1.807) is 24.3 Å². The number of carbonyl (C=O) groups is 1. The average Bonchev–Trinajstić information content (AvgIpc) is 2.43. The monoisotopic (exact) mass is 373 g/mol. The van der Waals surface area contributed by atoms with Gasteiger partial charge in [-0.1, -0.05) is 41.4 Å². The number of para-hydroxylation sites is 1. The SMILES string of the molecule is O=C(COc1cccc(Cl)c1Cl)Nc1ccccc1Br. The normalized spacial score (nSPS) is 10.2. The summed E-state index contributed by atoms with van der Waals surface area (Å²) in [4.78, 5) is 11.8. The Morgan fingerprint density at radius 2 is 1.90 bits per heavy atom. The molecule has 0 saturated carbocycles. The lowest BCUT2D eigenvalue weighted by molar-refractivity contribution is -0.118. The van der Waals surface area contributed by atoms with Crippen LogP contribution in [0.2, 0.25) is 10.0 Å². The summed E-state index contributed by atoms with van der Waals surface area (Å²) in [5.41, 5.74) is 0.679. The Labute approximate surface area is 135 Å². The van der Waals surface area contributed by atoms with Gasteiger partial charge in [0.15, 0.2) is 6.61 Å². The largest absolute Gasteiger partial charge is 0.482 e. The molecule has 0 fully saturated rings. The van der Waals surface area contributed by atoms with Crippen molar-refractivity contribution in [3.05, 3.63) is 57.0 Å². The van der Waals surface area contributed by atoms with E-state index in [0.717, 1.165) is 4.47 Å². The fourth-order valence-corrected chi connectivity index (χ4v) is 2.22. The van der Waals surface area contributed by atoms with Crippen LogP contribution in [0.15, 0.2) is 46.9 Å². The molecule has 2 rings (SSSR count). The molecule has 0 spiro atoms. The molecule has 0 bridgehead atoms. The van der Waals surface area contributed by atoms with Crippen molar-refractivity contribution in [3.8, 4) is 5.75 Å². The molecule has 3 nitrogen and oxygen atoms in total. The molecule has 0 heterocycles. The van der Waals surface area contributed by atoms with Crippen LogP contribution in [0.5, 0.6) is 5.75 Å². The summed E-state index contributed by atoms with van der Waals surface area (Å²) in [6.07, 6.45) is 0. The second kappa shape index (κ2) is 6.97. The van der Waals surface area contributed by atoms with Gasteiger partial charge < -0.3 is 10.1 Å². The van der Waals surface area contributed by atoms with Crippen molar-refractivity contribution >= 4 is 50.7 Å². The van der Waals surface area contributed by atoms with Gasteiger partial charge >= 0.3 is 0 Å². The number of ether oxygens (including phenoxy) is 1. The first-order valence-corrected chi connectivity index (χ1v) is 7.24. The Bertz CT molecular complexity index is 634. The zero-order valence-corrected chi connectivity index (χ0v) is 13.3. The van der Waals surface area contributed by atoms with Crippen LogP contribution in [0.4, 0.5) is 5.69 Å². The molecule has 0 aliphatic heterocycles. The van der Waals surface area contributed by atoms with Gasteiger partial charge in [-0.2, -0.15) is 0 Å². The van der Waals surface area contributed by atoms with Crippen molar-refractivity contribution in [2.24, 2.45) is 0 Å². The van der Waals surface area contributed by atoms with Crippen LogP contribution < -0.4 is 10.1 Å². The first-order chi connectivity index (χ1) is 9.58. The van der Waals surface area contributed by atoms with E-state index >= 15 is 0 Å². The Morgan fingerprint density at radius 1 is 1.15 bits per heavy atom. The van der Waals surface area contributed by atoms with Gasteiger partial charge in [-0.05, 0) is 40.2 Å². The van der Waals surface area contributed by atoms with Crippen LogP contribution in [0.25, 0.3) is 0 Å². The molecule has 2 aromatic rings. The summed E-state index contributed by atoms with van der Waals surface area (Å²) in [6.45, 7) is -0.151. The Morgan fingerprint density at radius 3 is 2.65 bits per heavy atom. The number of amides is 1. The number of halogens is 3. The second-order valence-electron chi connectivity index (χ2n) is 3.87. The Balaban J connectivity index is 1.96. The third kappa shape index (κ3) is 3.88. The maximum atomic E-state index is 11.8. The summed E-state index contributed by atoms with van der Waals surface area (Å²) in [5.74, 6) is 0.0920. The Kier molecular flexibility index (Phi) is 5.29. The van der Waals surface area contributed by atoms with Gasteiger partial charge in [0, 0.05) is 4.47 Å². The zero-order valence-electron chi connectivity index (χ0n) is 10.2. The smallest absolute Gasteiger partial charge is 0.262 e. The quantitative estimate of drug-likeness (QED) is 0.836. The number of rotatable bonds is 4. The van der Waals surface area contributed by atoms with Gasteiger partial charge in [0.2, 0.25) is 0 Å². The molecule has 0 aromatic heterocycles. The van der Waals surface area contributed by atoms with Crippen molar-refractivity contribution < 1.29 is 9.53 Å². The molecule has 6 heteroatoms. The molecular formula is C14H10BrCl2NO2. The van der Waals surface area contributed by atoms with Gasteiger partial charge in [0.1, 0.15) is 10.8 Å². The maximum absolute atomic E-state index is 11.8. The average molecular weight is 375 g/mol. The number of hydrogen-bond acceptors (Lipinski definition) is 2. The van der Waals surface area contributed by atoms with E-state index in [9.17, 15) is 4.79 Å². The maximum Gasteiger partial charge on any atom is 0.262 e. The molecule has 0 saturated heterocycles. The highest BCUT2D eigenvalue weighted by Gasteiger charge is 2.09. The molecule has 0 atom stereocenters. The lowest BCUT2D eigenvalue weighted by Crippen LogP contribution is -2.20. The minimum absolute atomic E-state index is 0.151. The van der Waals surface area contributed by atoms with Crippen LogP contribution in [0.1, 0.15) is 0 Å². The van der Waals surface area contributed by atoms with Gasteiger partial charge in [-0.15, -0.1) is 0 Å². The number of carbonyl (C=O) groups excluding carboxylic acids is 1. The van der Waals surface area contributed by atoms with Crippen molar-refractivity contribution in [1.82, 2.24) is 0 Å². The number of nitrogens with one attached hydrogen (secondary N) is 1. The summed E-state index contributed by atoms with van der Waals surface area (Å²) < 4.78 is 6.15. The highest BCUT2D eigenvalue weighted by Crippen LogP contribution is 2.31. The minimum Gasteiger partial charge on any atom is -0.482 e. The van der Waals surface area contributed by atoms with Crippen molar-refractivity contribution in [1.29, 1.82) is 0 Å². The first kappa shape index (κ1) is 15.2. The van der Waals surface area contributed by atoms with Crippen LogP contribution in [-0.2, 0) is 4.79 Å². The Hall–Kier alpha value is -1.23. The summed E-state index contributed by atoms with van der Waals surface area (Å²) >= 11 is 15.2. The van der Waals surface area contributed by atoms with Crippen molar-refractivity contribution in [2.75, 3.05) is 11.9 Å². The highest BCUT2D eigenvalue weighted by atomic mass is 79.9. The molecule has 0 unspecified atom stereocenters. The van der Waals surface area contributed by atoms with Crippen molar-refractivity contribution in [3.63, 3.8) is 0 Å². The van der Waals surface area contributed by atoms with E-state index in [-0.39, 0.29) is 12.5 Å². The molecule has 1 N–H and O–H groups in total. The zero-order chi connectivity index (χ0) is 14.5. The van der Waals surface area contributed by atoms with E-state index in [4.69, 9.17) is 27.9 Å². The van der Waals surface area contributed by atoms with Crippen molar-refractivity contribution in [2.45, 2.75) is 0 Å². The van der Waals surface area contributed by atoms with Gasteiger partial charge in [-0.3, -0.25) is 4.79 Å². The molecule has 2 aromatic carbocycles. The lowest BCUT2D eigenvalue weighted by atomic mass is 10.3. The minimum atomic E-state index is -0.284. The molecule has 0 radical (unpaired) electrons. The van der Waals surface area contributed by atoms with Crippen LogP contribution in [0.3, 0.4) is 0 Å². The number of anilines is 1. The summed E-state index contributed by atoms with van der Waals surface area (Å²) in [5, 5.41) is 3.41. The molecule has 104 valence electrons. The van der Waals surface area contributed by atoms with Crippen LogP contribution >= 0.6 is 39.1 Å².